The van der Waals surface area contributed by atoms with Crippen LogP contribution in [0.3, 0.4) is 0 Å². The van der Waals surface area contributed by atoms with Crippen molar-refractivity contribution in [1.29, 1.82) is 0 Å². The monoisotopic (exact) mass is 863 g/mol. The van der Waals surface area contributed by atoms with Gasteiger partial charge in [-0.1, -0.05) is 49.3 Å². The number of fused-ring (bicyclic) bond motifs is 3. The van der Waals surface area contributed by atoms with Gasteiger partial charge in [-0.2, -0.15) is 17.7 Å². The Morgan fingerprint density at radius 1 is 1.00 bits per heavy atom. The van der Waals surface area contributed by atoms with Crippen molar-refractivity contribution in [3.63, 3.8) is 0 Å². The zero-order chi connectivity index (χ0) is 44.3. The van der Waals surface area contributed by atoms with E-state index in [0.29, 0.717) is 35.2 Å². The van der Waals surface area contributed by atoms with Crippen molar-refractivity contribution in [2.24, 2.45) is 5.92 Å². The van der Waals surface area contributed by atoms with Gasteiger partial charge in [0.05, 0.1) is 17.7 Å². The highest BCUT2D eigenvalue weighted by molar-refractivity contribution is 7.87. The third-order valence-electron chi connectivity index (χ3n) is 10.8. The number of nitrogens with one attached hydrogen (secondary N) is 5. The smallest absolute Gasteiger partial charge is 0.408 e. The van der Waals surface area contributed by atoms with Gasteiger partial charge in [-0.25, -0.2) is 14.3 Å². The maximum atomic E-state index is 14.6. The number of urea groups is 1. The molecule has 3 heterocycles. The lowest BCUT2D eigenvalue weighted by Gasteiger charge is -2.30. The second-order valence-corrected chi connectivity index (χ2v) is 19.1. The Labute approximate surface area is 356 Å². The van der Waals surface area contributed by atoms with Crippen LogP contribution in [-0.4, -0.2) is 107 Å². The van der Waals surface area contributed by atoms with Crippen LogP contribution in [0.4, 0.5) is 21.0 Å². The van der Waals surface area contributed by atoms with E-state index < -0.39 is 75.3 Å². The van der Waals surface area contributed by atoms with Crippen LogP contribution in [-0.2, 0) is 29.3 Å². The van der Waals surface area contributed by atoms with Crippen molar-refractivity contribution in [1.82, 2.24) is 34.1 Å². The number of alkyl carbamates (subject to hydrolysis) is 1. The molecule has 2 aromatic carbocycles. The molecule has 5 atom stereocenters. The standard InChI is InChI=1S/C42H57N9O9S/c1-26(2)51-32-22-16-21-30(44-38(55)43-28-18-13-11-14-19-28)34(32)46-39(51)59-29-23-33-35(52)47-42(37(54)48-61(57,58)49(6)7)24-27(42)17-12-9-8-10-15-20-31(36(53)50(33)25-29)45-40(56)60-41(3,4)5/h11-14,16-19,21-22,26-27,29,31,33H,8-10,15,20,23-25H2,1-7H3,(H,45,56)(H,47,52)(H,48,54)(H2,43,44,55)/b17-12-/t27-,29+,31-,33-,42+/m0/s1. The first kappa shape index (κ1) is 44.9. The first-order chi connectivity index (χ1) is 28.8. The number of carbonyl (C=O) groups excluding carboxylic acids is 5. The molecule has 1 saturated carbocycles. The number of allylic oxidation sites excluding steroid dienone is 1. The van der Waals surface area contributed by atoms with Crippen LogP contribution in [0, 0.1) is 5.92 Å². The minimum Gasteiger partial charge on any atom is -0.459 e. The lowest BCUT2D eigenvalue weighted by Crippen LogP contribution is -2.58. The summed E-state index contributed by atoms with van der Waals surface area (Å²) in [7, 11) is -1.64. The summed E-state index contributed by atoms with van der Waals surface area (Å²) in [6.07, 6.45) is 5.25. The Kier molecular flexibility index (Phi) is 13.3. The molecule has 0 unspecified atom stereocenters. The van der Waals surface area contributed by atoms with Crippen LogP contribution in [0.15, 0.2) is 60.7 Å². The number of hydrogen-bond donors (Lipinski definition) is 5. The van der Waals surface area contributed by atoms with Crippen molar-refractivity contribution in [2.75, 3.05) is 31.3 Å². The summed E-state index contributed by atoms with van der Waals surface area (Å²) in [5.41, 5.74) is -0.292. The molecule has 1 saturated heterocycles. The molecular weight excluding hydrogens is 807 g/mol. The molecule has 3 aliphatic rings. The summed E-state index contributed by atoms with van der Waals surface area (Å²) >= 11 is 0. The van der Waals surface area contributed by atoms with Crippen molar-refractivity contribution in [3.05, 3.63) is 60.7 Å². The van der Waals surface area contributed by atoms with Crippen LogP contribution in [0.5, 0.6) is 6.01 Å². The lowest BCUT2D eigenvalue weighted by atomic mass is 10.0. The molecule has 330 valence electrons. The van der Waals surface area contributed by atoms with Crippen molar-refractivity contribution < 1.29 is 41.9 Å². The number of ether oxygens (including phenoxy) is 2. The highest BCUT2D eigenvalue weighted by Gasteiger charge is 2.62. The van der Waals surface area contributed by atoms with Gasteiger partial charge >= 0.3 is 22.3 Å². The number of nitrogens with zero attached hydrogens (tertiary/aromatic N) is 4. The highest BCUT2D eigenvalue weighted by Crippen LogP contribution is 2.46. The van der Waals surface area contributed by atoms with Gasteiger partial charge in [-0.15, -0.1) is 0 Å². The maximum absolute atomic E-state index is 14.6. The Hall–Kier alpha value is -5.69. The van der Waals surface area contributed by atoms with E-state index in [9.17, 15) is 32.4 Å². The third-order valence-corrected chi connectivity index (χ3v) is 12.2. The molecule has 1 aliphatic carbocycles. The van der Waals surface area contributed by atoms with Crippen LogP contribution < -0.4 is 30.7 Å². The molecule has 6 amide bonds. The molecule has 18 nitrogen and oxygen atoms in total. The molecule has 19 heteroatoms. The fraction of sp³-hybridized carbons (Fsp3) is 0.524. The minimum absolute atomic E-state index is 0.0309. The number of anilines is 2. The predicted octanol–water partition coefficient (Wildman–Crippen LogP) is 4.82. The van der Waals surface area contributed by atoms with Crippen molar-refractivity contribution in [3.8, 4) is 6.01 Å². The molecule has 3 aromatic rings. The van der Waals surface area contributed by atoms with Gasteiger partial charge in [0.1, 0.15) is 34.8 Å². The van der Waals surface area contributed by atoms with E-state index in [1.54, 1.807) is 45.0 Å². The number of aromatic nitrogens is 2. The minimum atomic E-state index is -4.20. The van der Waals surface area contributed by atoms with Gasteiger partial charge in [0.2, 0.25) is 11.8 Å². The number of imidazole rings is 1. The summed E-state index contributed by atoms with van der Waals surface area (Å²) < 4.78 is 42.5. The van der Waals surface area contributed by atoms with Gasteiger partial charge in [-0.3, -0.25) is 19.0 Å². The first-order valence-corrected chi connectivity index (χ1v) is 22.1. The van der Waals surface area contributed by atoms with E-state index in [0.717, 1.165) is 17.1 Å². The molecule has 0 radical (unpaired) electrons. The Morgan fingerprint density at radius 2 is 1.74 bits per heavy atom. The molecular formula is C42H57N9O9S. The van der Waals surface area contributed by atoms with Crippen molar-refractivity contribution >= 4 is 62.5 Å². The summed E-state index contributed by atoms with van der Waals surface area (Å²) in [5, 5.41) is 11.3. The zero-order valence-electron chi connectivity index (χ0n) is 35.7. The Balaban J connectivity index is 1.33. The summed E-state index contributed by atoms with van der Waals surface area (Å²) in [6, 6.07) is 11.6. The SMILES string of the molecule is CC(C)n1c(O[C@@H]2C[C@H]3C(=O)N[C@]4(C(=O)NS(=O)(=O)N(C)C)C[C@@H]4/C=C\CCCCC[C@H](NC(=O)OC(C)(C)C)C(=O)N3C2)nc2c(NC(=O)Nc3ccccc3)cccc21. The van der Waals surface area contributed by atoms with E-state index in [4.69, 9.17) is 14.5 Å². The van der Waals surface area contributed by atoms with Gasteiger partial charge in [0, 0.05) is 38.2 Å². The summed E-state index contributed by atoms with van der Waals surface area (Å²) in [5.74, 6) is -2.62. The average Bonchev–Trinajstić information content (AvgIpc) is 3.49. The Bertz CT molecular complexity index is 2270. The number of para-hydroxylation sites is 2. The number of rotatable bonds is 9. The van der Waals surface area contributed by atoms with E-state index in [1.165, 1.54) is 19.0 Å². The fourth-order valence-corrected chi connectivity index (χ4v) is 8.25. The number of amides is 6. The number of benzene rings is 2. The normalized spacial score (nSPS) is 24.1. The topological polar surface area (TPSA) is 222 Å². The summed E-state index contributed by atoms with van der Waals surface area (Å²) in [6.45, 7) is 8.94. The maximum Gasteiger partial charge on any atom is 0.408 e. The van der Waals surface area contributed by atoms with Crippen LogP contribution >= 0.6 is 0 Å². The average molecular weight is 864 g/mol. The third kappa shape index (κ3) is 10.6. The molecule has 2 fully saturated rings. The molecule has 0 bridgehead atoms. The lowest BCUT2D eigenvalue weighted by molar-refractivity contribution is -0.141. The van der Waals surface area contributed by atoms with E-state index in [-0.39, 0.29) is 37.9 Å². The quantitative estimate of drug-likeness (QED) is 0.185. The van der Waals surface area contributed by atoms with Gasteiger partial charge in [0.25, 0.3) is 11.9 Å². The van der Waals surface area contributed by atoms with Crippen LogP contribution in [0.1, 0.15) is 85.6 Å². The molecule has 0 spiro atoms. The molecule has 6 rings (SSSR count). The van der Waals surface area contributed by atoms with Crippen LogP contribution in [0.25, 0.3) is 11.0 Å². The van der Waals surface area contributed by atoms with Crippen molar-refractivity contribution in [2.45, 2.75) is 115 Å². The second-order valence-electron chi connectivity index (χ2n) is 17.2. The predicted molar refractivity (Wildman–Crippen MR) is 229 cm³/mol. The fourth-order valence-electron chi connectivity index (χ4n) is 7.65. The molecule has 2 aliphatic heterocycles. The second kappa shape index (κ2) is 18.1. The van der Waals surface area contributed by atoms with E-state index >= 15 is 0 Å². The largest absolute Gasteiger partial charge is 0.459 e. The van der Waals surface area contributed by atoms with Gasteiger partial charge < -0.3 is 35.6 Å². The van der Waals surface area contributed by atoms with Gasteiger partial charge in [0.15, 0.2) is 0 Å². The van der Waals surface area contributed by atoms with Crippen LogP contribution in [0.2, 0.25) is 0 Å². The highest BCUT2D eigenvalue weighted by atomic mass is 32.2. The first-order valence-electron chi connectivity index (χ1n) is 20.6. The van der Waals surface area contributed by atoms with E-state index in [1.807, 2.05) is 54.8 Å². The molecule has 1 aromatic heterocycles. The van der Waals surface area contributed by atoms with E-state index in [2.05, 4.69) is 26.0 Å². The molecule has 61 heavy (non-hydrogen) atoms. The number of carbonyl (C=O) groups is 5. The number of hydrogen-bond acceptors (Lipinski definition) is 10. The molecule has 5 N–H and O–H groups in total. The Morgan fingerprint density at radius 3 is 2.43 bits per heavy atom. The zero-order valence-corrected chi connectivity index (χ0v) is 36.5. The van der Waals surface area contributed by atoms with Gasteiger partial charge in [-0.05, 0) is 84.6 Å². The summed E-state index contributed by atoms with van der Waals surface area (Å²) in [4.78, 5) is 75.3.